The summed E-state index contributed by atoms with van der Waals surface area (Å²) in [5.41, 5.74) is 0. The lowest BCUT2D eigenvalue weighted by Gasteiger charge is -2.22. The zero-order valence-corrected chi connectivity index (χ0v) is 9.57. The van der Waals surface area contributed by atoms with Crippen molar-refractivity contribution in [2.75, 3.05) is 0 Å². The first-order chi connectivity index (χ1) is 6.29. The molecule has 0 bridgehead atoms. The van der Waals surface area contributed by atoms with Crippen molar-refractivity contribution in [1.29, 1.82) is 0 Å². The molecule has 3 fully saturated rings. The zero-order chi connectivity index (χ0) is 9.00. The molecule has 0 unspecified atom stereocenters. The van der Waals surface area contributed by atoms with Crippen LogP contribution in [0.15, 0.2) is 0 Å². The first-order valence-corrected chi connectivity index (χ1v) is 6.38. The van der Waals surface area contributed by atoms with Crippen molar-refractivity contribution in [1.82, 2.24) is 0 Å². The molecule has 0 aromatic heterocycles. The Morgan fingerprint density at radius 2 is 2.08 bits per heavy atom. The second-order valence-electron chi connectivity index (χ2n) is 4.47. The number of alkyl halides is 1. The van der Waals surface area contributed by atoms with Gasteiger partial charge in [-0.25, -0.2) is 0 Å². The van der Waals surface area contributed by atoms with Crippen LogP contribution >= 0.6 is 22.6 Å². The summed E-state index contributed by atoms with van der Waals surface area (Å²) < 4.78 is 5.97. The Bertz CT molecular complexity index is 253. The van der Waals surface area contributed by atoms with E-state index >= 15 is 0 Å². The SMILES string of the molecule is O=C1O[C@H]2[C@@H]3[C@H](CCCC[C@@H]2I)[C@H]13. The summed E-state index contributed by atoms with van der Waals surface area (Å²) in [6, 6.07) is 0. The fourth-order valence-electron chi connectivity index (χ4n) is 3.04. The van der Waals surface area contributed by atoms with E-state index in [-0.39, 0.29) is 12.1 Å². The average molecular weight is 292 g/mol. The molecule has 2 nitrogen and oxygen atoms in total. The van der Waals surface area contributed by atoms with Crippen molar-refractivity contribution in [3.8, 4) is 0 Å². The van der Waals surface area contributed by atoms with E-state index in [2.05, 4.69) is 22.6 Å². The fraction of sp³-hybridized carbons (Fsp3) is 0.900. The molecule has 2 saturated carbocycles. The van der Waals surface area contributed by atoms with Gasteiger partial charge in [0.1, 0.15) is 6.10 Å². The molecule has 0 radical (unpaired) electrons. The monoisotopic (exact) mass is 292 g/mol. The largest absolute Gasteiger partial charge is 0.461 e. The van der Waals surface area contributed by atoms with Crippen molar-refractivity contribution in [3.63, 3.8) is 0 Å². The van der Waals surface area contributed by atoms with Crippen LogP contribution in [0.2, 0.25) is 0 Å². The molecule has 0 aromatic rings. The smallest absolute Gasteiger partial charge is 0.309 e. The number of hydrogen-bond donors (Lipinski definition) is 0. The maximum Gasteiger partial charge on any atom is 0.309 e. The third kappa shape index (κ3) is 1.15. The van der Waals surface area contributed by atoms with Crippen LogP contribution in [-0.2, 0) is 9.53 Å². The van der Waals surface area contributed by atoms with Crippen molar-refractivity contribution in [3.05, 3.63) is 0 Å². The van der Waals surface area contributed by atoms with Gasteiger partial charge in [-0.15, -0.1) is 0 Å². The number of fused-ring (bicyclic) bond motifs is 1. The van der Waals surface area contributed by atoms with Crippen molar-refractivity contribution >= 4 is 28.6 Å². The molecule has 0 amide bonds. The van der Waals surface area contributed by atoms with E-state index in [4.69, 9.17) is 4.74 Å². The number of halogens is 1. The lowest BCUT2D eigenvalue weighted by atomic mass is 9.98. The molecule has 1 aliphatic heterocycles. The van der Waals surface area contributed by atoms with Gasteiger partial charge in [0.25, 0.3) is 0 Å². The van der Waals surface area contributed by atoms with Gasteiger partial charge in [0.05, 0.1) is 5.92 Å². The van der Waals surface area contributed by atoms with Gasteiger partial charge in [0.2, 0.25) is 0 Å². The van der Waals surface area contributed by atoms with Gasteiger partial charge in [0.15, 0.2) is 0 Å². The number of ether oxygens (including phenoxy) is 1. The summed E-state index contributed by atoms with van der Waals surface area (Å²) in [5, 5.41) is 0. The van der Waals surface area contributed by atoms with Crippen LogP contribution in [-0.4, -0.2) is 16.0 Å². The van der Waals surface area contributed by atoms with Crippen molar-refractivity contribution in [2.24, 2.45) is 17.8 Å². The second kappa shape index (κ2) is 2.84. The molecule has 0 spiro atoms. The Morgan fingerprint density at radius 3 is 2.92 bits per heavy atom. The van der Waals surface area contributed by atoms with Crippen LogP contribution in [0.4, 0.5) is 0 Å². The minimum atomic E-state index is 0.101. The summed E-state index contributed by atoms with van der Waals surface area (Å²) in [7, 11) is 0. The second-order valence-corrected chi connectivity index (χ2v) is 6.07. The highest BCUT2D eigenvalue weighted by Crippen LogP contribution is 2.59. The molecule has 13 heavy (non-hydrogen) atoms. The van der Waals surface area contributed by atoms with E-state index in [9.17, 15) is 4.79 Å². The van der Waals surface area contributed by atoms with Crippen LogP contribution in [0.1, 0.15) is 25.7 Å². The third-order valence-electron chi connectivity index (χ3n) is 3.76. The predicted molar refractivity (Wildman–Crippen MR) is 56.6 cm³/mol. The Hall–Kier alpha value is 0.200. The molecular formula is C10H13IO2. The highest BCUT2D eigenvalue weighted by atomic mass is 127. The summed E-state index contributed by atoms with van der Waals surface area (Å²) in [6.07, 6.45) is 5.40. The minimum absolute atomic E-state index is 0.101. The summed E-state index contributed by atoms with van der Waals surface area (Å²) in [4.78, 5) is 11.4. The van der Waals surface area contributed by atoms with Gasteiger partial charge >= 0.3 is 5.97 Å². The van der Waals surface area contributed by atoms with Gasteiger partial charge in [0, 0.05) is 9.84 Å². The van der Waals surface area contributed by atoms with E-state index in [0.717, 1.165) is 0 Å². The van der Waals surface area contributed by atoms with Crippen LogP contribution in [0.3, 0.4) is 0 Å². The van der Waals surface area contributed by atoms with Gasteiger partial charge in [-0.2, -0.15) is 0 Å². The lowest BCUT2D eigenvalue weighted by molar-refractivity contribution is -0.146. The zero-order valence-electron chi connectivity index (χ0n) is 7.41. The summed E-state index contributed by atoms with van der Waals surface area (Å²) in [5.74, 6) is 1.71. The first kappa shape index (κ1) is 8.50. The third-order valence-corrected chi connectivity index (χ3v) is 5.09. The lowest BCUT2D eigenvalue weighted by Crippen LogP contribution is -2.27. The molecule has 1 heterocycles. The maximum atomic E-state index is 11.4. The Kier molecular flexibility index (Phi) is 1.86. The van der Waals surface area contributed by atoms with Crippen LogP contribution in [0.5, 0.6) is 0 Å². The highest BCUT2D eigenvalue weighted by Gasteiger charge is 2.66. The number of rotatable bonds is 0. The van der Waals surface area contributed by atoms with Gasteiger partial charge < -0.3 is 4.74 Å². The Morgan fingerprint density at radius 1 is 1.31 bits per heavy atom. The van der Waals surface area contributed by atoms with E-state index < -0.39 is 0 Å². The number of carbonyl (C=O) groups is 1. The fourth-order valence-corrected chi connectivity index (χ4v) is 4.11. The number of hydrogen-bond acceptors (Lipinski definition) is 2. The van der Waals surface area contributed by atoms with Crippen molar-refractivity contribution < 1.29 is 9.53 Å². The van der Waals surface area contributed by atoms with Crippen LogP contribution < -0.4 is 0 Å². The van der Waals surface area contributed by atoms with E-state index in [0.29, 0.717) is 21.7 Å². The Balaban J connectivity index is 1.84. The minimum Gasteiger partial charge on any atom is -0.461 e. The molecule has 72 valence electrons. The highest BCUT2D eigenvalue weighted by molar-refractivity contribution is 14.1. The maximum absolute atomic E-state index is 11.4. The van der Waals surface area contributed by atoms with Gasteiger partial charge in [-0.1, -0.05) is 35.4 Å². The van der Waals surface area contributed by atoms with Crippen molar-refractivity contribution in [2.45, 2.75) is 35.7 Å². The van der Waals surface area contributed by atoms with Gasteiger partial charge in [-0.05, 0) is 18.8 Å². The van der Waals surface area contributed by atoms with Gasteiger partial charge in [-0.3, -0.25) is 4.79 Å². The molecule has 5 atom stereocenters. The summed E-state index contributed by atoms with van der Waals surface area (Å²) >= 11 is 2.46. The molecule has 2 aliphatic carbocycles. The molecular weight excluding hydrogens is 279 g/mol. The molecule has 3 aliphatic rings. The van der Waals surface area contributed by atoms with Crippen LogP contribution in [0.25, 0.3) is 0 Å². The first-order valence-electron chi connectivity index (χ1n) is 5.13. The molecule has 0 aromatic carbocycles. The molecule has 3 heteroatoms. The average Bonchev–Trinajstić information content (AvgIpc) is 2.69. The van der Waals surface area contributed by atoms with Crippen LogP contribution in [0, 0.1) is 17.8 Å². The summed E-state index contributed by atoms with van der Waals surface area (Å²) in [6.45, 7) is 0. The number of esters is 1. The molecule has 0 N–H and O–H groups in total. The van der Waals surface area contributed by atoms with E-state index in [1.54, 1.807) is 0 Å². The topological polar surface area (TPSA) is 26.3 Å². The van der Waals surface area contributed by atoms with E-state index in [1.807, 2.05) is 0 Å². The Labute approximate surface area is 91.5 Å². The molecule has 3 rings (SSSR count). The predicted octanol–water partition coefficient (Wildman–Crippen LogP) is 2.15. The number of carbonyl (C=O) groups excluding carboxylic acids is 1. The van der Waals surface area contributed by atoms with E-state index in [1.165, 1.54) is 25.7 Å². The molecule has 1 saturated heterocycles. The standard InChI is InChI=1S/C10H13IO2/c11-6-4-2-1-3-5-7-8(5)10(12)13-9(6)7/h5-9H,1-4H2/t5-,6-,7+,8-,9+/m0/s1. The quantitative estimate of drug-likeness (QED) is 0.388. The normalized spacial score (nSPS) is 53.3.